The predicted octanol–water partition coefficient (Wildman–Crippen LogP) is 3.83. The van der Waals surface area contributed by atoms with Crippen LogP contribution in [0, 0.1) is 0 Å². The van der Waals surface area contributed by atoms with Crippen LogP contribution < -0.4 is 5.32 Å². The first-order valence-electron chi connectivity index (χ1n) is 4.51. The summed E-state index contributed by atoms with van der Waals surface area (Å²) < 4.78 is 1.14. The van der Waals surface area contributed by atoms with Crippen LogP contribution in [-0.4, -0.2) is 5.11 Å². The van der Waals surface area contributed by atoms with Crippen LogP contribution in [0.2, 0.25) is 0 Å². The van der Waals surface area contributed by atoms with Crippen molar-refractivity contribution < 1.29 is 5.11 Å². The Morgan fingerprint density at radius 1 is 1.13 bits per heavy atom. The maximum atomic E-state index is 9.11. The monoisotopic (exact) mass is 283 g/mol. The Labute approximate surface area is 101 Å². The zero-order chi connectivity index (χ0) is 10.7. The van der Waals surface area contributed by atoms with Gasteiger partial charge in [0.25, 0.3) is 0 Å². The first-order valence-corrected chi connectivity index (χ1v) is 6.12. The third-order valence-corrected chi connectivity index (χ3v) is 3.59. The Morgan fingerprint density at radius 3 is 2.47 bits per heavy atom. The molecule has 2 nitrogen and oxygen atoms in total. The van der Waals surface area contributed by atoms with Crippen LogP contribution in [-0.2, 0) is 6.54 Å². The lowest BCUT2D eigenvalue weighted by molar-refractivity contribution is 0.475. The average Bonchev–Trinajstić information content (AvgIpc) is 2.64. The van der Waals surface area contributed by atoms with Gasteiger partial charge in [0.05, 0.1) is 3.79 Å². The Kier molecular flexibility index (Phi) is 3.28. The molecule has 1 aromatic heterocycles. The molecule has 0 bridgehead atoms. The van der Waals surface area contributed by atoms with Crippen LogP contribution >= 0.6 is 27.3 Å². The fourth-order valence-corrected chi connectivity index (χ4v) is 2.64. The number of aromatic hydroxyl groups is 1. The van der Waals surface area contributed by atoms with Gasteiger partial charge in [-0.25, -0.2) is 0 Å². The number of anilines is 1. The van der Waals surface area contributed by atoms with Crippen molar-refractivity contribution in [3.8, 4) is 5.75 Å². The highest BCUT2D eigenvalue weighted by atomic mass is 79.9. The number of benzene rings is 1. The van der Waals surface area contributed by atoms with E-state index in [0.717, 1.165) is 16.0 Å². The highest BCUT2D eigenvalue weighted by molar-refractivity contribution is 9.11. The van der Waals surface area contributed by atoms with E-state index in [2.05, 4.69) is 27.3 Å². The molecule has 0 atom stereocenters. The Bertz CT molecular complexity index is 438. The smallest absolute Gasteiger partial charge is 0.115 e. The van der Waals surface area contributed by atoms with Crippen LogP contribution in [0.1, 0.15) is 4.88 Å². The standard InChI is InChI=1S/C11H10BrNOS/c12-11-6-5-10(15-11)7-13-8-1-3-9(14)4-2-8/h1-6,13-14H,7H2. The van der Waals surface area contributed by atoms with Gasteiger partial charge in [0, 0.05) is 17.1 Å². The summed E-state index contributed by atoms with van der Waals surface area (Å²) in [5.41, 5.74) is 1.01. The number of hydrogen-bond donors (Lipinski definition) is 2. The fourth-order valence-electron chi connectivity index (χ4n) is 1.22. The highest BCUT2D eigenvalue weighted by Crippen LogP contribution is 2.23. The number of hydrogen-bond acceptors (Lipinski definition) is 3. The molecule has 0 radical (unpaired) electrons. The maximum Gasteiger partial charge on any atom is 0.115 e. The van der Waals surface area contributed by atoms with E-state index in [4.69, 9.17) is 5.11 Å². The van der Waals surface area contributed by atoms with Crippen molar-refractivity contribution in [2.24, 2.45) is 0 Å². The van der Waals surface area contributed by atoms with Gasteiger partial charge in [0.1, 0.15) is 5.75 Å². The molecule has 0 unspecified atom stereocenters. The van der Waals surface area contributed by atoms with Gasteiger partial charge >= 0.3 is 0 Å². The third-order valence-electron chi connectivity index (χ3n) is 1.96. The molecule has 2 rings (SSSR count). The van der Waals surface area contributed by atoms with Crippen LogP contribution in [0.15, 0.2) is 40.2 Å². The molecule has 1 aromatic carbocycles. The van der Waals surface area contributed by atoms with E-state index >= 15 is 0 Å². The van der Waals surface area contributed by atoms with Crippen LogP contribution in [0.25, 0.3) is 0 Å². The average molecular weight is 284 g/mol. The summed E-state index contributed by atoms with van der Waals surface area (Å²) in [6, 6.07) is 11.2. The molecule has 0 saturated carbocycles. The van der Waals surface area contributed by atoms with Crippen molar-refractivity contribution in [1.82, 2.24) is 0 Å². The number of nitrogens with one attached hydrogen (secondary N) is 1. The molecule has 15 heavy (non-hydrogen) atoms. The molecular weight excluding hydrogens is 274 g/mol. The fraction of sp³-hybridized carbons (Fsp3) is 0.0909. The van der Waals surface area contributed by atoms with Crippen molar-refractivity contribution >= 4 is 33.0 Å². The maximum absolute atomic E-state index is 9.11. The normalized spacial score (nSPS) is 10.2. The molecule has 0 aliphatic carbocycles. The molecule has 78 valence electrons. The van der Waals surface area contributed by atoms with Crippen molar-refractivity contribution in [1.29, 1.82) is 0 Å². The summed E-state index contributed by atoms with van der Waals surface area (Å²) in [5.74, 6) is 0.291. The van der Waals surface area contributed by atoms with E-state index in [-0.39, 0.29) is 0 Å². The summed E-state index contributed by atoms with van der Waals surface area (Å²) >= 11 is 5.14. The minimum absolute atomic E-state index is 0.291. The summed E-state index contributed by atoms with van der Waals surface area (Å²) in [6.45, 7) is 0.807. The van der Waals surface area contributed by atoms with E-state index in [1.807, 2.05) is 18.2 Å². The van der Waals surface area contributed by atoms with E-state index < -0.39 is 0 Å². The topological polar surface area (TPSA) is 32.3 Å². The molecule has 0 aliphatic rings. The zero-order valence-corrected chi connectivity index (χ0v) is 10.3. The number of halogens is 1. The molecule has 0 amide bonds. The minimum atomic E-state index is 0.291. The van der Waals surface area contributed by atoms with E-state index in [1.165, 1.54) is 4.88 Å². The SMILES string of the molecule is Oc1ccc(NCc2ccc(Br)s2)cc1. The lowest BCUT2D eigenvalue weighted by atomic mass is 10.3. The second-order valence-corrected chi connectivity index (χ2v) is 5.65. The van der Waals surface area contributed by atoms with Crippen LogP contribution in [0.5, 0.6) is 5.75 Å². The lowest BCUT2D eigenvalue weighted by Crippen LogP contribution is -1.96. The van der Waals surface area contributed by atoms with Gasteiger partial charge in [-0.15, -0.1) is 11.3 Å². The summed E-state index contributed by atoms with van der Waals surface area (Å²) in [6.07, 6.45) is 0. The van der Waals surface area contributed by atoms with Crippen LogP contribution in [0.4, 0.5) is 5.69 Å². The Hall–Kier alpha value is -1.00. The lowest BCUT2D eigenvalue weighted by Gasteiger charge is -2.04. The van der Waals surface area contributed by atoms with Gasteiger partial charge < -0.3 is 10.4 Å². The van der Waals surface area contributed by atoms with Gasteiger partial charge in [-0.05, 0) is 52.3 Å². The molecule has 0 saturated heterocycles. The van der Waals surface area contributed by atoms with Gasteiger partial charge in [-0.1, -0.05) is 0 Å². The highest BCUT2D eigenvalue weighted by Gasteiger charge is 1.97. The van der Waals surface area contributed by atoms with Gasteiger partial charge in [-0.2, -0.15) is 0 Å². The number of phenols is 1. The first kappa shape index (κ1) is 10.5. The first-order chi connectivity index (χ1) is 7.24. The Morgan fingerprint density at radius 2 is 1.87 bits per heavy atom. The molecular formula is C11H10BrNOS. The van der Waals surface area contributed by atoms with Gasteiger partial charge in [0.15, 0.2) is 0 Å². The number of rotatable bonds is 3. The van der Waals surface area contributed by atoms with Crippen molar-refractivity contribution in [3.63, 3.8) is 0 Å². The predicted molar refractivity (Wildman–Crippen MR) is 67.5 cm³/mol. The molecule has 2 N–H and O–H groups in total. The molecule has 4 heteroatoms. The van der Waals surface area contributed by atoms with Crippen molar-refractivity contribution in [2.45, 2.75) is 6.54 Å². The van der Waals surface area contributed by atoms with Crippen molar-refractivity contribution in [2.75, 3.05) is 5.32 Å². The second kappa shape index (κ2) is 4.68. The molecule has 1 heterocycles. The Balaban J connectivity index is 1.96. The number of phenolic OH excluding ortho intramolecular Hbond substituents is 1. The second-order valence-electron chi connectivity index (χ2n) is 3.11. The molecule has 0 aliphatic heterocycles. The summed E-state index contributed by atoms with van der Waals surface area (Å²) in [5, 5.41) is 12.4. The van der Waals surface area contributed by atoms with Gasteiger partial charge in [0.2, 0.25) is 0 Å². The number of thiophene rings is 1. The van der Waals surface area contributed by atoms with Crippen molar-refractivity contribution in [3.05, 3.63) is 45.1 Å². The van der Waals surface area contributed by atoms with Crippen LogP contribution in [0.3, 0.4) is 0 Å². The molecule has 0 fully saturated rings. The minimum Gasteiger partial charge on any atom is -0.508 e. The largest absolute Gasteiger partial charge is 0.508 e. The van der Waals surface area contributed by atoms with Gasteiger partial charge in [-0.3, -0.25) is 0 Å². The quantitative estimate of drug-likeness (QED) is 0.840. The van der Waals surface area contributed by atoms with E-state index in [9.17, 15) is 0 Å². The third kappa shape index (κ3) is 2.97. The van der Waals surface area contributed by atoms with E-state index in [1.54, 1.807) is 23.5 Å². The summed E-state index contributed by atoms with van der Waals surface area (Å²) in [7, 11) is 0. The van der Waals surface area contributed by atoms with E-state index in [0.29, 0.717) is 5.75 Å². The molecule has 0 spiro atoms. The molecule has 2 aromatic rings. The summed E-state index contributed by atoms with van der Waals surface area (Å²) in [4.78, 5) is 1.27. The zero-order valence-electron chi connectivity index (χ0n) is 7.90.